The summed E-state index contributed by atoms with van der Waals surface area (Å²) < 4.78 is 26.2. The number of carbonyl (C=O) groups excluding carboxylic acids is 2. The standard InChI is InChI=1S/C47H71O10P/c1-3-5-7-8-9-10-11-12-13-14-15-16-17-18-19-20-24-27-33-39-46(50)55-41-45(42-56-58(52,53)54)57-47(51)40-34-28-32-38-44(49)37-31-26-23-21-22-25-30-36-43(48)35-29-6-4-2/h5-7,9-10,12-13,15-16,18-19,22-23,25-26,29-32,36-38,43-45,48-49H,3-4,8,11,14,17,20-21,24,27-28,33-35,39-42H2,1-2H3,(H2,52,53,54)/b7-5-,10-9-,13-12-,16-15-,19-18-,25-22-,26-23-,29-6-,36-30+,37-31+,38-32-/t43-,44-,45+/m0/s1. The average Bonchev–Trinajstić information content (AvgIpc) is 3.18. The molecule has 324 valence electrons. The van der Waals surface area contributed by atoms with Crippen molar-refractivity contribution in [3.8, 4) is 0 Å². The molecular weight excluding hydrogens is 755 g/mol. The molecular formula is C47H71O10P. The van der Waals surface area contributed by atoms with Gasteiger partial charge < -0.3 is 29.5 Å². The lowest BCUT2D eigenvalue weighted by molar-refractivity contribution is -0.161. The SMILES string of the molecule is CC/C=C\C/C=C\C/C=C\C/C=C\C/C=C\CCCCCC(=O)OC[C@H](COP(=O)(O)O)OC(=O)CCC/C=C\[C@@H](O)/C=C/C=C\C/C=C\C=C\[C@@H](O)C/C=C\CC. The van der Waals surface area contributed by atoms with Crippen molar-refractivity contribution in [1.82, 2.24) is 0 Å². The Morgan fingerprint density at radius 1 is 0.552 bits per heavy atom. The van der Waals surface area contributed by atoms with Crippen molar-refractivity contribution >= 4 is 19.8 Å². The van der Waals surface area contributed by atoms with Crippen LogP contribution in [0.15, 0.2) is 134 Å². The number of phosphoric ester groups is 1. The molecule has 0 fully saturated rings. The fourth-order valence-electron chi connectivity index (χ4n) is 4.78. The number of aliphatic hydroxyl groups is 2. The van der Waals surface area contributed by atoms with E-state index in [-0.39, 0.29) is 19.4 Å². The Labute approximate surface area is 348 Å². The van der Waals surface area contributed by atoms with Crippen molar-refractivity contribution in [3.05, 3.63) is 134 Å². The zero-order valence-corrected chi connectivity index (χ0v) is 35.7. The number of aliphatic hydroxyl groups excluding tert-OH is 2. The van der Waals surface area contributed by atoms with Gasteiger partial charge in [0.05, 0.1) is 18.8 Å². The van der Waals surface area contributed by atoms with Crippen LogP contribution in [0.2, 0.25) is 0 Å². The molecule has 11 heteroatoms. The van der Waals surface area contributed by atoms with Crippen molar-refractivity contribution in [2.45, 2.75) is 135 Å². The first-order chi connectivity index (χ1) is 28.1. The lowest BCUT2D eigenvalue weighted by Gasteiger charge is -2.18. The molecule has 0 unspecified atom stereocenters. The minimum absolute atomic E-state index is 0.00876. The summed E-state index contributed by atoms with van der Waals surface area (Å²) in [6.45, 7) is 3.17. The molecule has 0 spiro atoms. The lowest BCUT2D eigenvalue weighted by atomic mass is 10.1. The first kappa shape index (κ1) is 54.1. The van der Waals surface area contributed by atoms with Gasteiger partial charge in [-0.05, 0) is 83.5 Å². The number of esters is 2. The Kier molecular flexibility index (Phi) is 37.2. The molecule has 4 N–H and O–H groups in total. The monoisotopic (exact) mass is 826 g/mol. The van der Waals surface area contributed by atoms with Gasteiger partial charge in [0.1, 0.15) is 6.61 Å². The molecule has 0 aromatic rings. The third kappa shape index (κ3) is 41.7. The van der Waals surface area contributed by atoms with Crippen LogP contribution in [0.25, 0.3) is 0 Å². The topological polar surface area (TPSA) is 160 Å². The van der Waals surface area contributed by atoms with Crippen LogP contribution in [0, 0.1) is 0 Å². The minimum atomic E-state index is -4.83. The highest BCUT2D eigenvalue weighted by molar-refractivity contribution is 7.46. The van der Waals surface area contributed by atoms with Gasteiger partial charge in [0, 0.05) is 12.8 Å². The molecule has 0 heterocycles. The summed E-state index contributed by atoms with van der Waals surface area (Å²) in [5, 5.41) is 19.9. The maximum atomic E-state index is 12.4. The van der Waals surface area contributed by atoms with E-state index in [1.54, 1.807) is 30.4 Å². The van der Waals surface area contributed by atoms with Gasteiger partial charge in [-0.25, -0.2) is 4.57 Å². The molecule has 0 amide bonds. The molecule has 0 saturated carbocycles. The van der Waals surface area contributed by atoms with Crippen molar-refractivity contribution in [2.75, 3.05) is 13.2 Å². The summed E-state index contributed by atoms with van der Waals surface area (Å²) in [6.07, 6.45) is 52.4. The van der Waals surface area contributed by atoms with Crippen molar-refractivity contribution in [3.63, 3.8) is 0 Å². The fraction of sp³-hybridized carbons (Fsp3) is 0.489. The zero-order chi connectivity index (χ0) is 42.8. The van der Waals surface area contributed by atoms with Gasteiger partial charge in [-0.15, -0.1) is 0 Å². The van der Waals surface area contributed by atoms with Gasteiger partial charge in [0.2, 0.25) is 0 Å². The highest BCUT2D eigenvalue weighted by Gasteiger charge is 2.22. The number of rotatable bonds is 35. The smallest absolute Gasteiger partial charge is 0.462 e. The van der Waals surface area contributed by atoms with E-state index in [9.17, 15) is 24.4 Å². The van der Waals surface area contributed by atoms with Crippen LogP contribution in [0.5, 0.6) is 0 Å². The van der Waals surface area contributed by atoms with Crippen LogP contribution >= 0.6 is 7.82 Å². The van der Waals surface area contributed by atoms with Crippen LogP contribution in [0.4, 0.5) is 0 Å². The molecule has 0 aliphatic rings. The fourth-order valence-corrected chi connectivity index (χ4v) is 5.14. The minimum Gasteiger partial charge on any atom is -0.462 e. The second-order valence-corrected chi connectivity index (χ2v) is 14.5. The van der Waals surface area contributed by atoms with E-state index in [1.165, 1.54) is 0 Å². The van der Waals surface area contributed by atoms with Crippen LogP contribution < -0.4 is 0 Å². The first-order valence-corrected chi connectivity index (χ1v) is 22.2. The van der Waals surface area contributed by atoms with Crippen LogP contribution in [0.1, 0.15) is 117 Å². The Bertz CT molecular complexity index is 1420. The van der Waals surface area contributed by atoms with Crippen LogP contribution in [-0.4, -0.2) is 63.5 Å². The molecule has 58 heavy (non-hydrogen) atoms. The molecule has 0 aromatic heterocycles. The largest absolute Gasteiger partial charge is 0.469 e. The quantitative estimate of drug-likeness (QED) is 0.0159. The van der Waals surface area contributed by atoms with Gasteiger partial charge >= 0.3 is 19.8 Å². The van der Waals surface area contributed by atoms with Crippen molar-refractivity contribution in [1.29, 1.82) is 0 Å². The second-order valence-electron chi connectivity index (χ2n) is 13.2. The predicted octanol–water partition coefficient (Wildman–Crippen LogP) is 10.7. The van der Waals surface area contributed by atoms with Crippen molar-refractivity contribution < 1.29 is 48.2 Å². The Morgan fingerprint density at radius 3 is 1.71 bits per heavy atom. The Hall–Kier alpha value is -3.89. The number of allylic oxidation sites excluding steroid dienone is 18. The van der Waals surface area contributed by atoms with Crippen LogP contribution in [0.3, 0.4) is 0 Å². The third-order valence-electron chi connectivity index (χ3n) is 7.84. The molecule has 0 aromatic carbocycles. The maximum absolute atomic E-state index is 12.4. The number of carbonyl (C=O) groups is 2. The summed E-state index contributed by atoms with van der Waals surface area (Å²) in [4.78, 5) is 42.9. The highest BCUT2D eigenvalue weighted by atomic mass is 31.2. The summed E-state index contributed by atoms with van der Waals surface area (Å²) in [5.74, 6) is -1.12. The summed E-state index contributed by atoms with van der Waals surface area (Å²) >= 11 is 0. The van der Waals surface area contributed by atoms with E-state index >= 15 is 0 Å². The molecule has 0 aliphatic carbocycles. The Morgan fingerprint density at radius 2 is 1.09 bits per heavy atom. The summed E-state index contributed by atoms with van der Waals surface area (Å²) in [5.41, 5.74) is 0. The number of unbranched alkanes of at least 4 members (excludes halogenated alkanes) is 4. The third-order valence-corrected chi connectivity index (χ3v) is 8.32. The van der Waals surface area contributed by atoms with Crippen molar-refractivity contribution in [2.24, 2.45) is 0 Å². The zero-order valence-electron chi connectivity index (χ0n) is 34.8. The van der Waals surface area contributed by atoms with Gasteiger partial charge in [-0.3, -0.25) is 14.1 Å². The number of hydrogen-bond donors (Lipinski definition) is 4. The molecule has 0 aliphatic heterocycles. The van der Waals surface area contributed by atoms with E-state index in [4.69, 9.17) is 19.3 Å². The van der Waals surface area contributed by atoms with E-state index < -0.39 is 44.7 Å². The summed E-state index contributed by atoms with van der Waals surface area (Å²) in [6, 6.07) is 0. The lowest BCUT2D eigenvalue weighted by Crippen LogP contribution is -2.29. The highest BCUT2D eigenvalue weighted by Crippen LogP contribution is 2.36. The van der Waals surface area contributed by atoms with Gasteiger partial charge in [0.15, 0.2) is 6.10 Å². The predicted molar refractivity (Wildman–Crippen MR) is 237 cm³/mol. The van der Waals surface area contributed by atoms with E-state index in [0.717, 1.165) is 57.8 Å². The van der Waals surface area contributed by atoms with E-state index in [2.05, 4.69) is 72.2 Å². The molecule has 0 saturated heterocycles. The summed E-state index contributed by atoms with van der Waals surface area (Å²) in [7, 11) is -4.83. The van der Waals surface area contributed by atoms with Gasteiger partial charge in [0.25, 0.3) is 0 Å². The molecule has 0 radical (unpaired) electrons. The van der Waals surface area contributed by atoms with Crippen LogP contribution in [-0.2, 0) is 28.2 Å². The number of ether oxygens (including phenoxy) is 2. The van der Waals surface area contributed by atoms with E-state index in [0.29, 0.717) is 32.1 Å². The molecule has 10 nitrogen and oxygen atoms in total. The van der Waals surface area contributed by atoms with E-state index in [1.807, 2.05) is 49.5 Å². The molecule has 3 atom stereocenters. The van der Waals surface area contributed by atoms with Gasteiger partial charge in [-0.2, -0.15) is 0 Å². The Balaban J connectivity index is 4.29. The molecule has 0 rings (SSSR count). The number of hydrogen-bond acceptors (Lipinski definition) is 8. The molecule has 0 bridgehead atoms. The maximum Gasteiger partial charge on any atom is 0.469 e. The first-order valence-electron chi connectivity index (χ1n) is 20.7. The normalized spacial score (nSPS) is 14.9. The number of phosphoric acid groups is 1. The second kappa shape index (κ2) is 39.9. The average molecular weight is 827 g/mol. The van der Waals surface area contributed by atoms with Gasteiger partial charge in [-0.1, -0.05) is 154 Å².